The molecule has 1 heterocycles. The Kier molecular flexibility index (Phi) is 5.46. The Balaban J connectivity index is 1.85. The summed E-state index contributed by atoms with van der Waals surface area (Å²) >= 11 is 1.32. The van der Waals surface area contributed by atoms with Crippen molar-refractivity contribution in [2.24, 2.45) is 0 Å². The predicted molar refractivity (Wildman–Crippen MR) is 121 cm³/mol. The van der Waals surface area contributed by atoms with Crippen LogP contribution in [0.1, 0.15) is 16.7 Å². The van der Waals surface area contributed by atoms with Gasteiger partial charge in [0.15, 0.2) is 0 Å². The van der Waals surface area contributed by atoms with E-state index in [0.29, 0.717) is 21.9 Å². The van der Waals surface area contributed by atoms with Crippen LogP contribution >= 0.6 is 11.8 Å². The summed E-state index contributed by atoms with van der Waals surface area (Å²) in [5.41, 5.74) is 3.78. The Hall–Kier alpha value is -3.31. The SMILES string of the molecule is COc1cccc(N2C(=O)C(Sc3ccccc3)=C(c3ccc(C)cc3C)C2=O)c1. The number of hydrogen-bond donors (Lipinski definition) is 0. The van der Waals surface area contributed by atoms with E-state index >= 15 is 0 Å². The fraction of sp³-hybridized carbons (Fsp3) is 0.120. The molecule has 0 spiro atoms. The van der Waals surface area contributed by atoms with Gasteiger partial charge in [-0.3, -0.25) is 9.59 Å². The number of amides is 2. The summed E-state index contributed by atoms with van der Waals surface area (Å²) in [5, 5.41) is 0. The molecule has 2 amide bonds. The first-order valence-electron chi connectivity index (χ1n) is 9.57. The molecule has 3 aromatic rings. The second kappa shape index (κ2) is 8.20. The monoisotopic (exact) mass is 415 g/mol. The number of benzene rings is 3. The zero-order valence-corrected chi connectivity index (χ0v) is 17.8. The Labute approximate surface area is 180 Å². The van der Waals surface area contributed by atoms with Gasteiger partial charge in [-0.05, 0) is 49.2 Å². The van der Waals surface area contributed by atoms with Gasteiger partial charge in [0.1, 0.15) is 5.75 Å². The molecular formula is C25H21NO3S. The number of ether oxygens (including phenoxy) is 1. The van der Waals surface area contributed by atoms with Crippen molar-refractivity contribution in [1.82, 2.24) is 0 Å². The average Bonchev–Trinajstić information content (AvgIpc) is 2.98. The van der Waals surface area contributed by atoms with Crippen molar-refractivity contribution in [3.63, 3.8) is 0 Å². The summed E-state index contributed by atoms with van der Waals surface area (Å²) in [4.78, 5) is 29.6. The standard InChI is InChI=1S/C25H21NO3S/c1-16-12-13-21(17(2)14-16)22-23(30-20-10-5-4-6-11-20)25(28)26(24(22)27)18-8-7-9-19(15-18)29-3/h4-15H,1-3H3. The van der Waals surface area contributed by atoms with Crippen LogP contribution < -0.4 is 9.64 Å². The molecule has 0 aromatic heterocycles. The molecule has 150 valence electrons. The van der Waals surface area contributed by atoms with Gasteiger partial charge in [-0.2, -0.15) is 0 Å². The first-order valence-corrected chi connectivity index (χ1v) is 10.4. The van der Waals surface area contributed by atoms with Crippen LogP contribution in [0.15, 0.2) is 82.6 Å². The summed E-state index contributed by atoms with van der Waals surface area (Å²) in [5.74, 6) is -0.0546. The third-order valence-electron chi connectivity index (χ3n) is 4.97. The second-order valence-electron chi connectivity index (χ2n) is 7.08. The van der Waals surface area contributed by atoms with Crippen LogP contribution in [0.25, 0.3) is 5.57 Å². The van der Waals surface area contributed by atoms with Gasteiger partial charge in [-0.15, -0.1) is 0 Å². The molecule has 1 aliphatic heterocycles. The number of nitrogens with zero attached hydrogens (tertiary/aromatic N) is 1. The molecule has 0 atom stereocenters. The Morgan fingerprint density at radius 1 is 0.833 bits per heavy atom. The third kappa shape index (κ3) is 3.64. The summed E-state index contributed by atoms with van der Waals surface area (Å²) in [7, 11) is 1.56. The quantitative estimate of drug-likeness (QED) is 0.524. The van der Waals surface area contributed by atoms with E-state index in [4.69, 9.17) is 4.74 Å². The highest BCUT2D eigenvalue weighted by Crippen LogP contribution is 2.42. The van der Waals surface area contributed by atoms with Crippen molar-refractivity contribution >= 4 is 34.8 Å². The van der Waals surface area contributed by atoms with Gasteiger partial charge < -0.3 is 4.74 Å². The molecule has 4 nitrogen and oxygen atoms in total. The number of hydrogen-bond acceptors (Lipinski definition) is 4. The van der Waals surface area contributed by atoms with Crippen molar-refractivity contribution in [3.8, 4) is 5.75 Å². The molecule has 5 heteroatoms. The smallest absolute Gasteiger partial charge is 0.272 e. The Bertz CT molecular complexity index is 1170. The van der Waals surface area contributed by atoms with Crippen molar-refractivity contribution in [2.45, 2.75) is 18.7 Å². The molecule has 3 aromatic carbocycles. The van der Waals surface area contributed by atoms with Crippen molar-refractivity contribution in [3.05, 3.63) is 94.4 Å². The summed E-state index contributed by atoms with van der Waals surface area (Å²) in [6.45, 7) is 3.97. The normalized spacial score (nSPS) is 13.9. The van der Waals surface area contributed by atoms with Crippen molar-refractivity contribution in [1.29, 1.82) is 0 Å². The lowest BCUT2D eigenvalue weighted by atomic mass is 9.99. The molecule has 30 heavy (non-hydrogen) atoms. The van der Waals surface area contributed by atoms with Crippen LogP contribution in [-0.2, 0) is 9.59 Å². The maximum atomic E-state index is 13.5. The van der Waals surface area contributed by atoms with E-state index in [1.54, 1.807) is 31.4 Å². The number of methoxy groups -OCH3 is 1. The van der Waals surface area contributed by atoms with Crippen LogP contribution in [0.4, 0.5) is 5.69 Å². The zero-order valence-electron chi connectivity index (χ0n) is 17.0. The predicted octanol–water partition coefficient (Wildman–Crippen LogP) is 5.39. The molecule has 0 bridgehead atoms. The van der Waals surface area contributed by atoms with Gasteiger partial charge in [-0.1, -0.05) is 59.8 Å². The molecule has 0 saturated heterocycles. The zero-order chi connectivity index (χ0) is 21.3. The molecule has 0 saturated carbocycles. The van der Waals surface area contributed by atoms with Gasteiger partial charge in [0.2, 0.25) is 0 Å². The van der Waals surface area contributed by atoms with E-state index < -0.39 is 0 Å². The van der Waals surface area contributed by atoms with E-state index in [-0.39, 0.29) is 11.8 Å². The van der Waals surface area contributed by atoms with Crippen molar-refractivity contribution in [2.75, 3.05) is 12.0 Å². The molecule has 4 rings (SSSR count). The first-order chi connectivity index (χ1) is 14.5. The average molecular weight is 416 g/mol. The summed E-state index contributed by atoms with van der Waals surface area (Å²) in [6.07, 6.45) is 0. The molecule has 0 N–H and O–H groups in total. The van der Waals surface area contributed by atoms with Crippen LogP contribution in [0.2, 0.25) is 0 Å². The van der Waals surface area contributed by atoms with E-state index in [1.165, 1.54) is 16.7 Å². The van der Waals surface area contributed by atoms with Crippen LogP contribution in [0, 0.1) is 13.8 Å². The van der Waals surface area contributed by atoms with E-state index in [0.717, 1.165) is 21.6 Å². The van der Waals surface area contributed by atoms with Gasteiger partial charge >= 0.3 is 0 Å². The largest absolute Gasteiger partial charge is 0.497 e. The fourth-order valence-electron chi connectivity index (χ4n) is 3.53. The molecule has 0 fully saturated rings. The highest BCUT2D eigenvalue weighted by Gasteiger charge is 2.41. The lowest BCUT2D eigenvalue weighted by molar-refractivity contribution is -0.119. The minimum Gasteiger partial charge on any atom is -0.497 e. The number of anilines is 1. The minimum atomic E-state index is -0.322. The number of thioether (sulfide) groups is 1. The van der Waals surface area contributed by atoms with Gasteiger partial charge in [0.05, 0.1) is 23.3 Å². The van der Waals surface area contributed by atoms with Crippen molar-refractivity contribution < 1.29 is 14.3 Å². The highest BCUT2D eigenvalue weighted by molar-refractivity contribution is 8.04. The van der Waals surface area contributed by atoms with Crippen LogP contribution in [0.5, 0.6) is 5.75 Å². The number of carbonyl (C=O) groups is 2. The van der Waals surface area contributed by atoms with Crippen LogP contribution in [-0.4, -0.2) is 18.9 Å². The minimum absolute atomic E-state index is 0.321. The third-order valence-corrected chi connectivity index (χ3v) is 6.06. The van der Waals surface area contributed by atoms with E-state index in [9.17, 15) is 9.59 Å². The number of aryl methyl sites for hydroxylation is 2. The second-order valence-corrected chi connectivity index (χ2v) is 8.17. The highest BCUT2D eigenvalue weighted by atomic mass is 32.2. The molecule has 0 unspecified atom stereocenters. The maximum absolute atomic E-state index is 13.5. The lowest BCUT2D eigenvalue weighted by Crippen LogP contribution is -2.31. The summed E-state index contributed by atoms with van der Waals surface area (Å²) < 4.78 is 5.28. The summed E-state index contributed by atoms with van der Waals surface area (Å²) in [6, 6.07) is 22.5. The molecule has 1 aliphatic rings. The van der Waals surface area contributed by atoms with E-state index in [2.05, 4.69) is 0 Å². The van der Waals surface area contributed by atoms with Crippen LogP contribution in [0.3, 0.4) is 0 Å². The number of rotatable bonds is 5. The topological polar surface area (TPSA) is 46.6 Å². The van der Waals surface area contributed by atoms with Gasteiger partial charge in [0, 0.05) is 11.0 Å². The fourth-order valence-corrected chi connectivity index (χ4v) is 4.53. The maximum Gasteiger partial charge on any atom is 0.272 e. The Morgan fingerprint density at radius 2 is 1.60 bits per heavy atom. The molecule has 0 radical (unpaired) electrons. The lowest BCUT2D eigenvalue weighted by Gasteiger charge is -2.16. The first kappa shape index (κ1) is 20.0. The molecule has 0 aliphatic carbocycles. The van der Waals surface area contributed by atoms with E-state index in [1.807, 2.05) is 62.4 Å². The van der Waals surface area contributed by atoms with Gasteiger partial charge in [0.25, 0.3) is 11.8 Å². The number of carbonyl (C=O) groups excluding carboxylic acids is 2. The molecular weight excluding hydrogens is 394 g/mol. The van der Waals surface area contributed by atoms with Gasteiger partial charge in [-0.25, -0.2) is 4.90 Å². The number of imide groups is 1. The Morgan fingerprint density at radius 3 is 2.30 bits per heavy atom.